The van der Waals surface area contributed by atoms with Gasteiger partial charge in [0.25, 0.3) is 5.91 Å². The molecule has 1 heterocycles. The minimum atomic E-state index is -1.02. The lowest BCUT2D eigenvalue weighted by molar-refractivity contribution is -0.131. The normalized spacial score (nSPS) is 14.1. The summed E-state index contributed by atoms with van der Waals surface area (Å²) in [6.07, 6.45) is -1.02. The Morgan fingerprint density at radius 3 is 2.50 bits per heavy atom. The Labute approximate surface area is 164 Å². The third-order valence-electron chi connectivity index (χ3n) is 5.09. The molecular weight excluding hydrogens is 356 g/mol. The highest BCUT2D eigenvalue weighted by molar-refractivity contribution is 5.95. The van der Waals surface area contributed by atoms with E-state index in [0.717, 1.165) is 16.7 Å². The lowest BCUT2D eigenvalue weighted by Crippen LogP contribution is -2.37. The van der Waals surface area contributed by atoms with Crippen molar-refractivity contribution in [2.75, 3.05) is 0 Å². The fourth-order valence-electron chi connectivity index (χ4n) is 3.27. The second-order valence-electron chi connectivity index (χ2n) is 7.67. The van der Waals surface area contributed by atoms with E-state index in [0.29, 0.717) is 30.8 Å². The molecule has 6 heteroatoms. The zero-order valence-corrected chi connectivity index (χ0v) is 16.4. The molecule has 0 unspecified atom stereocenters. The fraction of sp³-hybridized carbons (Fsp3) is 0.364. The van der Waals surface area contributed by atoms with Crippen LogP contribution in [0.2, 0.25) is 0 Å². The van der Waals surface area contributed by atoms with Gasteiger partial charge in [0.1, 0.15) is 11.9 Å². The van der Waals surface area contributed by atoms with Crippen molar-refractivity contribution in [2.24, 2.45) is 5.92 Å². The maximum absolute atomic E-state index is 12.8. The number of amides is 2. The fourth-order valence-corrected chi connectivity index (χ4v) is 3.27. The van der Waals surface area contributed by atoms with Crippen LogP contribution in [-0.2, 0) is 24.4 Å². The van der Waals surface area contributed by atoms with Gasteiger partial charge in [-0.1, -0.05) is 32.0 Å². The number of benzene rings is 2. The maximum Gasteiger partial charge on any atom is 0.254 e. The number of phenolic OH excluding ortho intramolecular Hbond substituents is 1. The first kappa shape index (κ1) is 19.9. The molecule has 148 valence electrons. The number of carbonyl (C=O) groups excluding carboxylic acids is 2. The second kappa shape index (κ2) is 8.02. The average molecular weight is 382 g/mol. The lowest BCUT2D eigenvalue weighted by Gasteiger charge is -2.16. The van der Waals surface area contributed by atoms with Crippen molar-refractivity contribution in [3.8, 4) is 5.75 Å². The molecule has 0 saturated heterocycles. The second-order valence-corrected chi connectivity index (χ2v) is 7.67. The average Bonchev–Trinajstić information content (AvgIpc) is 3.10. The number of aryl methyl sites for hydroxylation is 1. The summed E-state index contributed by atoms with van der Waals surface area (Å²) in [4.78, 5) is 26.5. The van der Waals surface area contributed by atoms with Gasteiger partial charge in [0.2, 0.25) is 5.91 Å². The summed E-state index contributed by atoms with van der Waals surface area (Å²) >= 11 is 0. The Balaban J connectivity index is 1.65. The van der Waals surface area contributed by atoms with Crippen LogP contribution in [0.3, 0.4) is 0 Å². The number of rotatable bonds is 5. The zero-order chi connectivity index (χ0) is 20.4. The molecule has 0 aromatic heterocycles. The summed E-state index contributed by atoms with van der Waals surface area (Å²) in [7, 11) is 0. The first-order valence-corrected chi connectivity index (χ1v) is 9.41. The molecule has 0 spiro atoms. The van der Waals surface area contributed by atoms with Crippen molar-refractivity contribution in [2.45, 2.75) is 46.5 Å². The molecule has 0 aliphatic carbocycles. The highest BCUT2D eigenvalue weighted by Gasteiger charge is 2.25. The number of hydrogen-bond donors (Lipinski definition) is 3. The van der Waals surface area contributed by atoms with E-state index in [4.69, 9.17) is 0 Å². The van der Waals surface area contributed by atoms with Crippen LogP contribution < -0.4 is 5.32 Å². The van der Waals surface area contributed by atoms with Gasteiger partial charge in [-0.25, -0.2) is 0 Å². The van der Waals surface area contributed by atoms with E-state index in [9.17, 15) is 19.8 Å². The summed E-state index contributed by atoms with van der Waals surface area (Å²) in [5, 5.41) is 22.2. The van der Waals surface area contributed by atoms with E-state index in [1.165, 1.54) is 6.07 Å². The SMILES string of the molecule is Cc1cc(C(=O)N2Cc3ccc(CNC(=O)[C@H](O)C(C)C)cc3C2)ccc1O. The van der Waals surface area contributed by atoms with Crippen LogP contribution in [-0.4, -0.2) is 33.0 Å². The van der Waals surface area contributed by atoms with Crippen LogP contribution in [0.4, 0.5) is 0 Å². The Hall–Kier alpha value is -2.86. The van der Waals surface area contributed by atoms with E-state index >= 15 is 0 Å². The number of aliphatic hydroxyl groups excluding tert-OH is 1. The van der Waals surface area contributed by atoms with Crippen molar-refractivity contribution in [3.63, 3.8) is 0 Å². The summed E-state index contributed by atoms with van der Waals surface area (Å²) in [6.45, 7) is 6.72. The monoisotopic (exact) mass is 382 g/mol. The molecule has 28 heavy (non-hydrogen) atoms. The summed E-state index contributed by atoms with van der Waals surface area (Å²) < 4.78 is 0. The molecule has 3 rings (SSSR count). The molecule has 3 N–H and O–H groups in total. The minimum Gasteiger partial charge on any atom is -0.508 e. The van der Waals surface area contributed by atoms with Gasteiger partial charge < -0.3 is 20.4 Å². The van der Waals surface area contributed by atoms with Gasteiger partial charge in [-0.05, 0) is 53.3 Å². The van der Waals surface area contributed by atoms with Gasteiger partial charge in [0.15, 0.2) is 0 Å². The molecule has 2 aromatic carbocycles. The molecule has 0 radical (unpaired) electrons. The van der Waals surface area contributed by atoms with Crippen molar-refractivity contribution in [1.82, 2.24) is 10.2 Å². The van der Waals surface area contributed by atoms with Gasteiger partial charge >= 0.3 is 0 Å². The molecule has 1 aliphatic rings. The number of fused-ring (bicyclic) bond motifs is 1. The number of nitrogens with one attached hydrogen (secondary N) is 1. The first-order chi connectivity index (χ1) is 13.3. The number of phenols is 1. The molecule has 2 aromatic rings. The third kappa shape index (κ3) is 4.17. The van der Waals surface area contributed by atoms with Crippen LogP contribution in [0.25, 0.3) is 0 Å². The standard InChI is InChI=1S/C22H26N2O4/c1-13(2)20(26)21(27)23-10-15-4-5-17-11-24(12-18(17)9-15)22(28)16-6-7-19(25)14(3)8-16/h4-9,13,20,25-26H,10-12H2,1-3H3,(H,23,27)/t20-/m1/s1. The van der Waals surface area contributed by atoms with Crippen LogP contribution in [0.15, 0.2) is 36.4 Å². The van der Waals surface area contributed by atoms with Gasteiger partial charge in [-0.3, -0.25) is 9.59 Å². The van der Waals surface area contributed by atoms with Crippen molar-refractivity contribution >= 4 is 11.8 Å². The Kier molecular flexibility index (Phi) is 5.70. The van der Waals surface area contributed by atoms with E-state index in [2.05, 4.69) is 5.32 Å². The van der Waals surface area contributed by atoms with Crippen LogP contribution >= 0.6 is 0 Å². The molecule has 0 bridgehead atoms. The topological polar surface area (TPSA) is 89.9 Å². The van der Waals surface area contributed by atoms with Crippen LogP contribution in [0, 0.1) is 12.8 Å². The molecular formula is C22H26N2O4. The Morgan fingerprint density at radius 2 is 1.82 bits per heavy atom. The quantitative estimate of drug-likeness (QED) is 0.741. The Bertz CT molecular complexity index is 907. The number of carbonyl (C=O) groups is 2. The zero-order valence-electron chi connectivity index (χ0n) is 16.4. The predicted molar refractivity (Wildman–Crippen MR) is 106 cm³/mol. The number of hydrogen-bond acceptors (Lipinski definition) is 4. The van der Waals surface area contributed by atoms with Gasteiger partial charge in [-0.15, -0.1) is 0 Å². The number of aromatic hydroxyl groups is 1. The number of nitrogens with zero attached hydrogens (tertiary/aromatic N) is 1. The van der Waals surface area contributed by atoms with Crippen molar-refractivity contribution in [1.29, 1.82) is 0 Å². The van der Waals surface area contributed by atoms with E-state index < -0.39 is 6.10 Å². The maximum atomic E-state index is 12.8. The van der Waals surface area contributed by atoms with Crippen molar-refractivity contribution < 1.29 is 19.8 Å². The highest BCUT2D eigenvalue weighted by Crippen LogP contribution is 2.26. The molecule has 0 fully saturated rings. The highest BCUT2D eigenvalue weighted by atomic mass is 16.3. The predicted octanol–water partition coefficient (Wildman–Crippen LogP) is 2.49. The Morgan fingerprint density at radius 1 is 1.11 bits per heavy atom. The van der Waals surface area contributed by atoms with E-state index in [-0.39, 0.29) is 23.5 Å². The molecule has 2 amide bonds. The molecule has 6 nitrogen and oxygen atoms in total. The summed E-state index contributed by atoms with van der Waals surface area (Å²) in [5.74, 6) is -0.414. The number of aliphatic hydroxyl groups is 1. The largest absolute Gasteiger partial charge is 0.508 e. The van der Waals surface area contributed by atoms with Gasteiger partial charge in [0.05, 0.1) is 0 Å². The molecule has 1 atom stereocenters. The van der Waals surface area contributed by atoms with Crippen molar-refractivity contribution in [3.05, 3.63) is 64.2 Å². The van der Waals surface area contributed by atoms with Crippen LogP contribution in [0.1, 0.15) is 46.5 Å². The van der Waals surface area contributed by atoms with Crippen LogP contribution in [0.5, 0.6) is 5.75 Å². The first-order valence-electron chi connectivity index (χ1n) is 9.41. The summed E-state index contributed by atoms with van der Waals surface area (Å²) in [6, 6.07) is 10.8. The lowest BCUT2D eigenvalue weighted by atomic mass is 10.1. The van der Waals surface area contributed by atoms with E-state index in [1.54, 1.807) is 37.8 Å². The third-order valence-corrected chi connectivity index (χ3v) is 5.09. The summed E-state index contributed by atoms with van der Waals surface area (Å²) in [5.41, 5.74) is 4.29. The minimum absolute atomic E-state index is 0.0748. The van der Waals surface area contributed by atoms with E-state index in [1.807, 2.05) is 18.2 Å². The van der Waals surface area contributed by atoms with Gasteiger partial charge in [-0.2, -0.15) is 0 Å². The molecule has 0 saturated carbocycles. The molecule has 1 aliphatic heterocycles. The smallest absolute Gasteiger partial charge is 0.254 e. The van der Waals surface area contributed by atoms with Gasteiger partial charge in [0, 0.05) is 25.2 Å².